The number of methoxy groups -OCH3 is 1. The number of benzene rings is 1. The summed E-state index contributed by atoms with van der Waals surface area (Å²) in [7, 11) is 1.38. The van der Waals surface area contributed by atoms with Gasteiger partial charge in [-0.05, 0) is 0 Å². The highest BCUT2D eigenvalue weighted by Crippen LogP contribution is 2.36. The molecule has 0 spiro atoms. The Morgan fingerprint density at radius 3 is 2.33 bits per heavy atom. The maximum Gasteiger partial charge on any atom is 0.272 e. The Morgan fingerprint density at radius 1 is 1.33 bits per heavy atom. The molecule has 0 aromatic heterocycles. The van der Waals surface area contributed by atoms with E-state index < -0.39 is 4.92 Å². The molecule has 98 valence electrons. The van der Waals surface area contributed by atoms with Crippen molar-refractivity contribution >= 4 is 34.7 Å². The predicted molar refractivity (Wildman–Crippen MR) is 65.5 cm³/mol. The van der Waals surface area contributed by atoms with E-state index in [-0.39, 0.29) is 40.5 Å². The topological polar surface area (TPSA) is 78.7 Å². The molecule has 0 N–H and O–H groups in total. The number of nitrogens with zero attached hydrogens (tertiary/aromatic N) is 1. The van der Waals surface area contributed by atoms with Gasteiger partial charge in [0.2, 0.25) is 0 Å². The molecule has 1 aromatic carbocycles. The Balaban J connectivity index is 2.84. The first-order chi connectivity index (χ1) is 8.45. The van der Waals surface area contributed by atoms with Gasteiger partial charge in [0, 0.05) is 19.2 Å². The van der Waals surface area contributed by atoms with E-state index in [2.05, 4.69) is 4.74 Å². The lowest BCUT2D eigenvalue weighted by atomic mass is 10.3. The highest BCUT2D eigenvalue weighted by Gasteiger charge is 2.16. The van der Waals surface area contributed by atoms with E-state index in [1.165, 1.54) is 7.11 Å². The summed E-state index contributed by atoms with van der Waals surface area (Å²) in [6.07, 6.45) is 0. The molecular formula is C10H9Cl2NO5. The van der Waals surface area contributed by atoms with Crippen LogP contribution in [0, 0.1) is 10.1 Å². The van der Waals surface area contributed by atoms with Gasteiger partial charge in [-0.25, -0.2) is 0 Å². The Labute approximate surface area is 113 Å². The van der Waals surface area contributed by atoms with Crippen LogP contribution in [0.5, 0.6) is 5.75 Å². The third kappa shape index (κ3) is 3.83. The molecule has 0 bridgehead atoms. The highest BCUT2D eigenvalue weighted by molar-refractivity contribution is 6.37. The Bertz CT molecular complexity index is 454. The van der Waals surface area contributed by atoms with E-state index >= 15 is 0 Å². The van der Waals surface area contributed by atoms with Crippen LogP contribution in [0.15, 0.2) is 12.1 Å². The van der Waals surface area contributed by atoms with E-state index in [4.69, 9.17) is 27.9 Å². The molecule has 8 heteroatoms. The number of nitro groups is 1. The molecule has 6 nitrogen and oxygen atoms in total. The molecule has 0 heterocycles. The van der Waals surface area contributed by atoms with Crippen LogP contribution >= 0.6 is 23.2 Å². The van der Waals surface area contributed by atoms with E-state index in [1.54, 1.807) is 0 Å². The number of rotatable bonds is 6. The lowest BCUT2D eigenvalue weighted by Crippen LogP contribution is -2.16. The van der Waals surface area contributed by atoms with Crippen molar-refractivity contribution < 1.29 is 19.2 Å². The summed E-state index contributed by atoms with van der Waals surface area (Å²) in [4.78, 5) is 21.1. The van der Waals surface area contributed by atoms with Crippen molar-refractivity contribution in [1.82, 2.24) is 0 Å². The average molecular weight is 294 g/mol. The van der Waals surface area contributed by atoms with E-state index in [9.17, 15) is 14.9 Å². The van der Waals surface area contributed by atoms with Crippen LogP contribution in [0.25, 0.3) is 0 Å². The average Bonchev–Trinajstić information content (AvgIpc) is 2.27. The molecule has 0 aliphatic carbocycles. The van der Waals surface area contributed by atoms with Crippen molar-refractivity contribution in [3.63, 3.8) is 0 Å². The lowest BCUT2D eigenvalue weighted by molar-refractivity contribution is -0.384. The van der Waals surface area contributed by atoms with Crippen molar-refractivity contribution in [3.8, 4) is 5.75 Å². The maximum absolute atomic E-state index is 11.2. The van der Waals surface area contributed by atoms with Gasteiger partial charge in [0.05, 0.1) is 15.0 Å². The summed E-state index contributed by atoms with van der Waals surface area (Å²) in [6, 6.07) is 2.20. The third-order valence-corrected chi connectivity index (χ3v) is 2.44. The van der Waals surface area contributed by atoms with E-state index in [0.717, 1.165) is 12.1 Å². The number of hydrogen-bond donors (Lipinski definition) is 0. The van der Waals surface area contributed by atoms with Crippen molar-refractivity contribution in [2.45, 2.75) is 0 Å². The Morgan fingerprint density at radius 2 is 1.89 bits per heavy atom. The van der Waals surface area contributed by atoms with Gasteiger partial charge in [0.1, 0.15) is 13.2 Å². The number of nitro benzene ring substituents is 1. The van der Waals surface area contributed by atoms with Gasteiger partial charge < -0.3 is 9.47 Å². The zero-order chi connectivity index (χ0) is 13.7. The molecular weight excluding hydrogens is 285 g/mol. The molecule has 0 aliphatic heterocycles. The normalized spacial score (nSPS) is 10.2. The minimum atomic E-state index is -0.627. The van der Waals surface area contributed by atoms with Crippen LogP contribution in [0.4, 0.5) is 5.69 Å². The van der Waals surface area contributed by atoms with Crippen molar-refractivity contribution in [3.05, 3.63) is 32.3 Å². The molecule has 0 unspecified atom stereocenters. The van der Waals surface area contributed by atoms with Crippen molar-refractivity contribution in [2.75, 3.05) is 20.3 Å². The second kappa shape index (κ2) is 6.53. The number of ether oxygens (including phenoxy) is 2. The summed E-state index contributed by atoms with van der Waals surface area (Å²) >= 11 is 11.6. The zero-order valence-electron chi connectivity index (χ0n) is 9.31. The maximum atomic E-state index is 11.2. The summed E-state index contributed by atoms with van der Waals surface area (Å²) < 4.78 is 9.72. The van der Waals surface area contributed by atoms with Crippen LogP contribution in [0.3, 0.4) is 0 Å². The van der Waals surface area contributed by atoms with Gasteiger partial charge in [-0.15, -0.1) is 0 Å². The Hall–Kier alpha value is -1.37. The summed E-state index contributed by atoms with van der Waals surface area (Å²) in [5.41, 5.74) is -0.249. The molecule has 0 radical (unpaired) electrons. The number of hydrogen-bond acceptors (Lipinski definition) is 5. The van der Waals surface area contributed by atoms with Crippen LogP contribution < -0.4 is 4.74 Å². The van der Waals surface area contributed by atoms with Gasteiger partial charge in [0.15, 0.2) is 11.5 Å². The zero-order valence-corrected chi connectivity index (χ0v) is 10.8. The fourth-order valence-electron chi connectivity index (χ4n) is 1.15. The quantitative estimate of drug-likeness (QED) is 0.595. The number of non-ortho nitro benzene ring substituents is 1. The van der Waals surface area contributed by atoms with Gasteiger partial charge in [0.25, 0.3) is 5.69 Å². The van der Waals surface area contributed by atoms with Gasteiger partial charge in [-0.1, -0.05) is 23.2 Å². The van der Waals surface area contributed by atoms with Gasteiger partial charge in [-0.2, -0.15) is 0 Å². The first-order valence-electron chi connectivity index (χ1n) is 4.72. The molecule has 1 rings (SSSR count). The fraction of sp³-hybridized carbons (Fsp3) is 0.300. The standard InChI is InChI=1S/C10H9Cl2NO5/c1-17-4-7(14)5-18-10-8(11)2-6(13(15)16)3-9(10)12/h2-3H,4-5H2,1H3. The minimum Gasteiger partial charge on any atom is -0.483 e. The number of carbonyl (C=O) groups excluding carboxylic acids is 1. The van der Waals surface area contributed by atoms with Gasteiger partial charge in [-0.3, -0.25) is 14.9 Å². The van der Waals surface area contributed by atoms with Crippen LogP contribution in [-0.4, -0.2) is 31.0 Å². The smallest absolute Gasteiger partial charge is 0.272 e. The van der Waals surface area contributed by atoms with E-state index in [0.29, 0.717) is 0 Å². The second-order valence-electron chi connectivity index (χ2n) is 3.26. The number of Topliss-reactive ketones (excluding diaryl/α,β-unsaturated/α-hetero) is 1. The highest BCUT2D eigenvalue weighted by atomic mass is 35.5. The van der Waals surface area contributed by atoms with Crippen molar-refractivity contribution in [1.29, 1.82) is 0 Å². The second-order valence-corrected chi connectivity index (χ2v) is 4.07. The number of carbonyl (C=O) groups is 1. The summed E-state index contributed by atoms with van der Waals surface area (Å²) in [6.45, 7) is -0.368. The minimum absolute atomic E-state index is 0.0283. The SMILES string of the molecule is COCC(=O)COc1c(Cl)cc([N+](=O)[O-])cc1Cl. The molecule has 18 heavy (non-hydrogen) atoms. The molecule has 1 aromatic rings. The molecule has 0 saturated carbocycles. The largest absolute Gasteiger partial charge is 0.483 e. The fourth-order valence-corrected chi connectivity index (χ4v) is 1.73. The van der Waals surface area contributed by atoms with Crippen LogP contribution in [0.1, 0.15) is 0 Å². The predicted octanol–water partition coefficient (Wildman–Crippen LogP) is 2.50. The summed E-state index contributed by atoms with van der Waals surface area (Å²) in [5, 5.41) is 10.5. The number of halogens is 2. The lowest BCUT2D eigenvalue weighted by Gasteiger charge is -2.08. The number of ketones is 1. The molecule has 0 fully saturated rings. The van der Waals surface area contributed by atoms with E-state index in [1.807, 2.05) is 0 Å². The molecule has 0 amide bonds. The van der Waals surface area contributed by atoms with Gasteiger partial charge >= 0.3 is 0 Å². The molecule has 0 saturated heterocycles. The molecule has 0 atom stereocenters. The van der Waals surface area contributed by atoms with Crippen LogP contribution in [-0.2, 0) is 9.53 Å². The first-order valence-corrected chi connectivity index (χ1v) is 5.48. The van der Waals surface area contributed by atoms with Crippen LogP contribution in [0.2, 0.25) is 10.0 Å². The molecule has 0 aliphatic rings. The third-order valence-electron chi connectivity index (χ3n) is 1.88. The monoisotopic (exact) mass is 293 g/mol. The van der Waals surface area contributed by atoms with Crippen molar-refractivity contribution in [2.24, 2.45) is 0 Å². The summed E-state index contributed by atoms with van der Waals surface area (Å²) in [5.74, 6) is -0.267. The first kappa shape index (κ1) is 14.7. The Kier molecular flexibility index (Phi) is 5.33.